The summed E-state index contributed by atoms with van der Waals surface area (Å²) in [5.41, 5.74) is 1.45. The van der Waals surface area contributed by atoms with Crippen molar-refractivity contribution in [3.05, 3.63) is 28.5 Å². The summed E-state index contributed by atoms with van der Waals surface area (Å²) in [6.45, 7) is 7.09. The molecule has 112 valence electrons. The zero-order valence-corrected chi connectivity index (χ0v) is 13.5. The number of halogens is 1. The average Bonchev–Trinajstić information content (AvgIpc) is 2.46. The lowest BCUT2D eigenvalue weighted by Gasteiger charge is -2.15. The molecule has 1 rings (SSSR count). The average molecular weight is 297 g/mol. The summed E-state index contributed by atoms with van der Waals surface area (Å²) in [7, 11) is 0. The van der Waals surface area contributed by atoms with Crippen LogP contribution in [0.25, 0.3) is 0 Å². The normalized spacial score (nSPS) is 12.2. The van der Waals surface area contributed by atoms with E-state index in [1.165, 1.54) is 19.3 Å². The molecule has 0 fully saturated rings. The molecule has 0 spiro atoms. The molecule has 1 unspecified atom stereocenters. The number of hydrogen-bond donors (Lipinski definition) is 1. The number of nitrogens with zero attached hydrogens (tertiary/aromatic N) is 1. The quantitative estimate of drug-likeness (QED) is 0.729. The van der Waals surface area contributed by atoms with Crippen LogP contribution in [0.4, 0.5) is 0 Å². The Balaban J connectivity index is 2.59. The maximum Gasteiger partial charge on any atom is 0.251 e. The highest BCUT2D eigenvalue weighted by Crippen LogP contribution is 2.13. The van der Waals surface area contributed by atoms with E-state index in [0.29, 0.717) is 16.6 Å². The van der Waals surface area contributed by atoms with Gasteiger partial charge in [0.15, 0.2) is 0 Å². The van der Waals surface area contributed by atoms with Crippen molar-refractivity contribution in [2.24, 2.45) is 5.92 Å². The number of pyridine rings is 1. The van der Waals surface area contributed by atoms with E-state index in [-0.39, 0.29) is 5.91 Å². The number of nitrogens with one attached hydrogen (secondary N) is 1. The van der Waals surface area contributed by atoms with E-state index in [0.717, 1.165) is 25.1 Å². The highest BCUT2D eigenvalue weighted by atomic mass is 35.5. The highest BCUT2D eigenvalue weighted by Gasteiger charge is 2.11. The Labute approximate surface area is 127 Å². The number of aromatic nitrogens is 1. The second-order valence-corrected chi connectivity index (χ2v) is 5.54. The fraction of sp³-hybridized carbons (Fsp3) is 0.625. The number of carbonyl (C=O) groups is 1. The van der Waals surface area contributed by atoms with Crippen molar-refractivity contribution in [3.63, 3.8) is 0 Å². The van der Waals surface area contributed by atoms with Crippen molar-refractivity contribution >= 4 is 17.5 Å². The first-order chi connectivity index (χ1) is 9.60. The molecule has 0 aliphatic carbocycles. The third-order valence-corrected chi connectivity index (χ3v) is 3.76. The molecule has 1 amide bonds. The van der Waals surface area contributed by atoms with Crippen LogP contribution in [0.1, 0.15) is 62.5 Å². The van der Waals surface area contributed by atoms with E-state index < -0.39 is 0 Å². The molecule has 1 heterocycles. The molecular formula is C16H25ClN2O. The van der Waals surface area contributed by atoms with Gasteiger partial charge in [0, 0.05) is 17.8 Å². The van der Waals surface area contributed by atoms with Crippen LogP contribution in [0.2, 0.25) is 5.15 Å². The first-order valence-corrected chi connectivity index (χ1v) is 7.93. The van der Waals surface area contributed by atoms with Crippen molar-refractivity contribution in [3.8, 4) is 0 Å². The third-order valence-electron chi connectivity index (χ3n) is 3.57. The summed E-state index contributed by atoms with van der Waals surface area (Å²) in [5.74, 6) is 0.501. The number of carbonyl (C=O) groups excluding carboxylic acids is 1. The summed E-state index contributed by atoms with van der Waals surface area (Å²) >= 11 is 5.94. The molecule has 1 aromatic rings. The van der Waals surface area contributed by atoms with Gasteiger partial charge in [0.1, 0.15) is 5.15 Å². The Morgan fingerprint density at radius 1 is 1.35 bits per heavy atom. The summed E-state index contributed by atoms with van der Waals surface area (Å²) in [6, 6.07) is 3.44. The molecule has 0 saturated heterocycles. The number of amides is 1. The summed E-state index contributed by atoms with van der Waals surface area (Å²) in [4.78, 5) is 16.3. The standard InChI is InChI=1S/C16H25ClN2O/c1-4-7-8-12(5-2)11-18-16(20)13-9-14(6-3)19-15(17)10-13/h9-10,12H,4-8,11H2,1-3H3,(H,18,20). The summed E-state index contributed by atoms with van der Waals surface area (Å²) < 4.78 is 0. The minimum Gasteiger partial charge on any atom is -0.352 e. The Kier molecular flexibility index (Phi) is 7.60. The minimum absolute atomic E-state index is 0.0565. The van der Waals surface area contributed by atoms with Crippen LogP contribution in [-0.2, 0) is 6.42 Å². The van der Waals surface area contributed by atoms with Crippen LogP contribution in [-0.4, -0.2) is 17.4 Å². The summed E-state index contributed by atoms with van der Waals surface area (Å²) in [5, 5.41) is 3.39. The zero-order chi connectivity index (χ0) is 15.0. The van der Waals surface area contributed by atoms with Gasteiger partial charge in [-0.25, -0.2) is 4.98 Å². The van der Waals surface area contributed by atoms with Crippen molar-refractivity contribution in [2.75, 3.05) is 6.54 Å². The Morgan fingerprint density at radius 2 is 2.10 bits per heavy atom. The molecule has 1 atom stereocenters. The molecule has 3 nitrogen and oxygen atoms in total. The van der Waals surface area contributed by atoms with Crippen LogP contribution in [0.15, 0.2) is 12.1 Å². The van der Waals surface area contributed by atoms with Gasteiger partial charge in [-0.2, -0.15) is 0 Å². The Morgan fingerprint density at radius 3 is 2.70 bits per heavy atom. The van der Waals surface area contributed by atoms with Gasteiger partial charge >= 0.3 is 0 Å². The van der Waals surface area contributed by atoms with Gasteiger partial charge in [0.25, 0.3) is 5.91 Å². The third kappa shape index (κ3) is 5.49. The predicted molar refractivity (Wildman–Crippen MR) is 84.3 cm³/mol. The number of aryl methyl sites for hydroxylation is 1. The van der Waals surface area contributed by atoms with Crippen molar-refractivity contribution in [1.29, 1.82) is 0 Å². The van der Waals surface area contributed by atoms with Gasteiger partial charge < -0.3 is 5.32 Å². The van der Waals surface area contributed by atoms with Crippen molar-refractivity contribution in [2.45, 2.75) is 52.9 Å². The molecule has 0 radical (unpaired) electrons. The van der Waals surface area contributed by atoms with E-state index in [9.17, 15) is 4.79 Å². The minimum atomic E-state index is -0.0565. The molecule has 0 aliphatic heterocycles. The molecule has 0 saturated carbocycles. The molecule has 0 aromatic carbocycles. The van der Waals surface area contributed by atoms with E-state index >= 15 is 0 Å². The number of rotatable bonds is 8. The predicted octanol–water partition coefficient (Wildman–Crippen LogP) is 4.24. The molecule has 1 aromatic heterocycles. The van der Waals surface area contributed by atoms with E-state index in [2.05, 4.69) is 24.1 Å². The molecule has 0 bridgehead atoms. The monoisotopic (exact) mass is 296 g/mol. The largest absolute Gasteiger partial charge is 0.352 e. The lowest BCUT2D eigenvalue weighted by Crippen LogP contribution is -2.29. The maximum atomic E-state index is 12.2. The molecule has 0 aliphatic rings. The first kappa shape index (κ1) is 17.0. The number of hydrogen-bond acceptors (Lipinski definition) is 2. The lowest BCUT2D eigenvalue weighted by atomic mass is 9.99. The van der Waals surface area contributed by atoms with Gasteiger partial charge in [-0.05, 0) is 30.9 Å². The molecule has 4 heteroatoms. The van der Waals surface area contributed by atoms with Gasteiger partial charge in [-0.1, -0.05) is 51.6 Å². The smallest absolute Gasteiger partial charge is 0.251 e. The Hall–Kier alpha value is -1.09. The zero-order valence-electron chi connectivity index (χ0n) is 12.7. The van der Waals surface area contributed by atoms with Crippen LogP contribution in [0.3, 0.4) is 0 Å². The van der Waals surface area contributed by atoms with Crippen LogP contribution >= 0.6 is 11.6 Å². The van der Waals surface area contributed by atoms with Gasteiger partial charge in [0.05, 0.1) is 0 Å². The second kappa shape index (κ2) is 8.96. The van der Waals surface area contributed by atoms with Crippen LogP contribution in [0, 0.1) is 5.92 Å². The lowest BCUT2D eigenvalue weighted by molar-refractivity contribution is 0.0945. The highest BCUT2D eigenvalue weighted by molar-refractivity contribution is 6.29. The number of unbranched alkanes of at least 4 members (excludes halogenated alkanes) is 1. The van der Waals surface area contributed by atoms with E-state index in [1.807, 2.05) is 13.0 Å². The fourth-order valence-electron chi connectivity index (χ4n) is 2.15. The van der Waals surface area contributed by atoms with E-state index in [1.54, 1.807) is 6.07 Å². The van der Waals surface area contributed by atoms with Crippen molar-refractivity contribution in [1.82, 2.24) is 10.3 Å². The van der Waals surface area contributed by atoms with E-state index in [4.69, 9.17) is 11.6 Å². The SMILES string of the molecule is CCCCC(CC)CNC(=O)c1cc(Cl)nc(CC)c1. The molecular weight excluding hydrogens is 272 g/mol. The van der Waals surface area contributed by atoms with Crippen LogP contribution in [0.5, 0.6) is 0 Å². The van der Waals surface area contributed by atoms with Crippen molar-refractivity contribution < 1.29 is 4.79 Å². The fourth-order valence-corrected chi connectivity index (χ4v) is 2.37. The van der Waals surface area contributed by atoms with Gasteiger partial charge in [-0.3, -0.25) is 4.79 Å². The maximum absolute atomic E-state index is 12.2. The molecule has 1 N–H and O–H groups in total. The van der Waals surface area contributed by atoms with Gasteiger partial charge in [-0.15, -0.1) is 0 Å². The Bertz CT molecular complexity index is 434. The first-order valence-electron chi connectivity index (χ1n) is 7.55. The topological polar surface area (TPSA) is 42.0 Å². The second-order valence-electron chi connectivity index (χ2n) is 5.15. The van der Waals surface area contributed by atoms with Gasteiger partial charge in [0.2, 0.25) is 0 Å². The van der Waals surface area contributed by atoms with Crippen LogP contribution < -0.4 is 5.32 Å². The summed E-state index contributed by atoms with van der Waals surface area (Å²) in [6.07, 6.45) is 5.46. The molecule has 20 heavy (non-hydrogen) atoms.